The van der Waals surface area contributed by atoms with Crippen molar-refractivity contribution in [2.24, 2.45) is 5.92 Å². The molecule has 0 fully saturated rings. The van der Waals surface area contributed by atoms with Crippen LogP contribution in [0.25, 0.3) is 11.1 Å². The summed E-state index contributed by atoms with van der Waals surface area (Å²) in [5, 5.41) is 9.52. The molecule has 4 rings (SSSR count). The zero-order valence-electron chi connectivity index (χ0n) is 16.0. The van der Waals surface area contributed by atoms with Crippen LogP contribution in [0.1, 0.15) is 29.0 Å². The SMILES string of the molecule is O=C(C[C@@H](Cc1ccccc1)C(=O)O)OCC1c2ccccc2-c2ccccc21. The Morgan fingerprint density at radius 2 is 1.38 bits per heavy atom. The minimum absolute atomic E-state index is 0.0243. The topological polar surface area (TPSA) is 63.6 Å². The van der Waals surface area contributed by atoms with Crippen LogP contribution in [0.4, 0.5) is 0 Å². The molecule has 0 saturated carbocycles. The molecule has 0 unspecified atom stereocenters. The summed E-state index contributed by atoms with van der Waals surface area (Å²) in [5.74, 6) is -2.28. The number of aliphatic carboxylic acids is 1. The molecule has 4 heteroatoms. The van der Waals surface area contributed by atoms with Crippen LogP contribution in [-0.4, -0.2) is 23.7 Å². The van der Waals surface area contributed by atoms with Crippen molar-refractivity contribution in [2.45, 2.75) is 18.8 Å². The number of hydrogen-bond acceptors (Lipinski definition) is 3. The van der Waals surface area contributed by atoms with E-state index in [0.717, 1.165) is 27.8 Å². The van der Waals surface area contributed by atoms with Crippen molar-refractivity contribution >= 4 is 11.9 Å². The number of carbonyl (C=O) groups is 2. The van der Waals surface area contributed by atoms with E-state index >= 15 is 0 Å². The fourth-order valence-electron chi connectivity index (χ4n) is 4.02. The second kappa shape index (κ2) is 8.31. The zero-order valence-corrected chi connectivity index (χ0v) is 16.0. The molecule has 1 N–H and O–H groups in total. The summed E-state index contributed by atoms with van der Waals surface area (Å²) in [4.78, 5) is 24.1. The summed E-state index contributed by atoms with van der Waals surface area (Å²) in [6.07, 6.45) is 0.167. The fraction of sp³-hybridized carbons (Fsp3) is 0.200. The van der Waals surface area contributed by atoms with E-state index in [1.54, 1.807) is 0 Å². The van der Waals surface area contributed by atoms with Gasteiger partial charge >= 0.3 is 11.9 Å². The Morgan fingerprint density at radius 3 is 1.97 bits per heavy atom. The quantitative estimate of drug-likeness (QED) is 0.599. The number of fused-ring (bicyclic) bond motifs is 3. The highest BCUT2D eigenvalue weighted by Gasteiger charge is 2.30. The second-order valence-corrected chi connectivity index (χ2v) is 7.34. The van der Waals surface area contributed by atoms with Gasteiger partial charge in [-0.1, -0.05) is 78.9 Å². The van der Waals surface area contributed by atoms with Crippen LogP contribution >= 0.6 is 0 Å². The number of carboxylic acid groups (broad SMARTS) is 1. The third-order valence-electron chi connectivity index (χ3n) is 5.46. The second-order valence-electron chi connectivity index (χ2n) is 7.34. The molecule has 1 aliphatic carbocycles. The maximum Gasteiger partial charge on any atom is 0.307 e. The summed E-state index contributed by atoms with van der Waals surface area (Å²) in [6, 6.07) is 25.6. The molecule has 29 heavy (non-hydrogen) atoms. The van der Waals surface area contributed by atoms with Gasteiger partial charge in [0.05, 0.1) is 12.3 Å². The summed E-state index contributed by atoms with van der Waals surface area (Å²) >= 11 is 0. The van der Waals surface area contributed by atoms with E-state index in [9.17, 15) is 14.7 Å². The van der Waals surface area contributed by atoms with E-state index in [0.29, 0.717) is 6.42 Å². The van der Waals surface area contributed by atoms with Crippen molar-refractivity contribution < 1.29 is 19.4 Å². The lowest BCUT2D eigenvalue weighted by molar-refractivity contribution is -0.151. The van der Waals surface area contributed by atoms with Gasteiger partial charge in [-0.05, 0) is 34.2 Å². The molecule has 0 aliphatic heterocycles. The van der Waals surface area contributed by atoms with Gasteiger partial charge < -0.3 is 9.84 Å². The van der Waals surface area contributed by atoms with Crippen LogP contribution in [0.5, 0.6) is 0 Å². The molecule has 3 aromatic rings. The van der Waals surface area contributed by atoms with Crippen LogP contribution < -0.4 is 0 Å². The predicted octanol–water partition coefficient (Wildman–Crippen LogP) is 4.68. The summed E-state index contributed by atoms with van der Waals surface area (Å²) in [5.41, 5.74) is 5.50. The first-order valence-corrected chi connectivity index (χ1v) is 9.74. The largest absolute Gasteiger partial charge is 0.481 e. The lowest BCUT2D eigenvalue weighted by atomic mass is 9.96. The van der Waals surface area contributed by atoms with Crippen LogP contribution in [-0.2, 0) is 20.7 Å². The maximum atomic E-state index is 12.4. The Labute approximate surface area is 169 Å². The van der Waals surface area contributed by atoms with Crippen molar-refractivity contribution in [3.05, 3.63) is 95.6 Å². The first kappa shape index (κ1) is 18.9. The van der Waals surface area contributed by atoms with Crippen LogP contribution in [0.15, 0.2) is 78.9 Å². The minimum Gasteiger partial charge on any atom is -0.481 e. The first-order chi connectivity index (χ1) is 14.1. The summed E-state index contributed by atoms with van der Waals surface area (Å²) in [7, 11) is 0. The Balaban J connectivity index is 1.43. The highest BCUT2D eigenvalue weighted by molar-refractivity contribution is 5.80. The Bertz CT molecular complexity index is 980. The average Bonchev–Trinajstić information content (AvgIpc) is 3.06. The van der Waals surface area contributed by atoms with E-state index in [1.807, 2.05) is 54.6 Å². The van der Waals surface area contributed by atoms with E-state index in [4.69, 9.17) is 4.74 Å². The molecule has 4 nitrogen and oxygen atoms in total. The van der Waals surface area contributed by atoms with Gasteiger partial charge in [-0.15, -0.1) is 0 Å². The molecule has 0 radical (unpaired) electrons. The molecule has 0 spiro atoms. The minimum atomic E-state index is -0.984. The third-order valence-corrected chi connectivity index (χ3v) is 5.46. The van der Waals surface area contributed by atoms with Gasteiger partial charge in [0.15, 0.2) is 0 Å². The monoisotopic (exact) mass is 386 g/mol. The highest BCUT2D eigenvalue weighted by Crippen LogP contribution is 2.44. The molecular weight excluding hydrogens is 364 g/mol. The van der Waals surface area contributed by atoms with E-state index < -0.39 is 17.9 Å². The molecule has 3 aromatic carbocycles. The standard InChI is InChI=1S/C25H22O4/c26-24(15-18(25(27)28)14-17-8-2-1-3-9-17)29-16-23-21-12-6-4-10-19(21)20-11-5-7-13-22(20)23/h1-13,18,23H,14-16H2,(H,27,28)/t18-/m1/s1. The van der Waals surface area contributed by atoms with Crippen LogP contribution in [0.3, 0.4) is 0 Å². The number of carboxylic acids is 1. The van der Waals surface area contributed by atoms with Crippen molar-refractivity contribution in [2.75, 3.05) is 6.61 Å². The lowest BCUT2D eigenvalue weighted by Crippen LogP contribution is -2.22. The first-order valence-electron chi connectivity index (χ1n) is 9.74. The molecule has 0 aromatic heterocycles. The summed E-state index contributed by atoms with van der Waals surface area (Å²) in [6.45, 7) is 0.213. The van der Waals surface area contributed by atoms with Crippen molar-refractivity contribution in [3.63, 3.8) is 0 Å². The van der Waals surface area contributed by atoms with Crippen LogP contribution in [0.2, 0.25) is 0 Å². The molecule has 1 atom stereocenters. The molecular formula is C25H22O4. The van der Waals surface area contributed by atoms with E-state index in [-0.39, 0.29) is 18.9 Å². The van der Waals surface area contributed by atoms with Gasteiger partial charge in [0.2, 0.25) is 0 Å². The van der Waals surface area contributed by atoms with Crippen molar-refractivity contribution in [1.82, 2.24) is 0 Å². The molecule has 0 saturated heterocycles. The van der Waals surface area contributed by atoms with Gasteiger partial charge in [0.25, 0.3) is 0 Å². The number of carbonyl (C=O) groups excluding carboxylic acids is 1. The van der Waals surface area contributed by atoms with Gasteiger partial charge in [-0.25, -0.2) is 0 Å². The number of hydrogen-bond donors (Lipinski definition) is 1. The highest BCUT2D eigenvalue weighted by atomic mass is 16.5. The van der Waals surface area contributed by atoms with Gasteiger partial charge in [0.1, 0.15) is 6.61 Å². The fourth-order valence-corrected chi connectivity index (χ4v) is 4.02. The number of rotatable bonds is 7. The van der Waals surface area contributed by atoms with Gasteiger partial charge in [-0.2, -0.15) is 0 Å². The number of ether oxygens (including phenoxy) is 1. The molecule has 0 heterocycles. The maximum absolute atomic E-state index is 12.4. The van der Waals surface area contributed by atoms with Gasteiger partial charge in [0, 0.05) is 5.92 Å². The number of benzene rings is 3. The lowest BCUT2D eigenvalue weighted by Gasteiger charge is -2.16. The smallest absolute Gasteiger partial charge is 0.307 e. The Morgan fingerprint density at radius 1 is 0.828 bits per heavy atom. The predicted molar refractivity (Wildman–Crippen MR) is 111 cm³/mol. The molecule has 1 aliphatic rings. The normalized spacial score (nSPS) is 13.4. The van der Waals surface area contributed by atoms with E-state index in [1.165, 1.54) is 0 Å². The number of esters is 1. The average molecular weight is 386 g/mol. The Hall–Kier alpha value is -3.40. The van der Waals surface area contributed by atoms with Crippen molar-refractivity contribution in [3.8, 4) is 11.1 Å². The van der Waals surface area contributed by atoms with E-state index in [2.05, 4.69) is 24.3 Å². The van der Waals surface area contributed by atoms with Crippen LogP contribution in [0, 0.1) is 5.92 Å². The molecule has 0 amide bonds. The van der Waals surface area contributed by atoms with Crippen molar-refractivity contribution in [1.29, 1.82) is 0 Å². The van der Waals surface area contributed by atoms with Gasteiger partial charge in [-0.3, -0.25) is 9.59 Å². The molecule has 0 bridgehead atoms. The third kappa shape index (κ3) is 4.06. The molecule has 146 valence electrons. The zero-order chi connectivity index (χ0) is 20.2. The Kier molecular flexibility index (Phi) is 5.43. The summed E-state index contributed by atoms with van der Waals surface area (Å²) < 4.78 is 5.56.